The fraction of sp³-hybridized carbons (Fsp3) is 0.333. The Morgan fingerprint density at radius 2 is 2.00 bits per heavy atom. The molecule has 0 spiro atoms. The molecule has 17 heavy (non-hydrogen) atoms. The maximum atomic E-state index is 6.05. The van der Waals surface area contributed by atoms with Gasteiger partial charge in [-0.2, -0.15) is 4.98 Å². The summed E-state index contributed by atoms with van der Waals surface area (Å²) in [6.45, 7) is 0.644. The van der Waals surface area contributed by atoms with Crippen molar-refractivity contribution in [2.45, 2.75) is 12.6 Å². The fourth-order valence-electron chi connectivity index (χ4n) is 1.54. The van der Waals surface area contributed by atoms with Crippen molar-refractivity contribution in [3.63, 3.8) is 0 Å². The summed E-state index contributed by atoms with van der Waals surface area (Å²) in [5.74, 6) is 1.10. The maximum Gasteiger partial charge on any atom is 0.248 e. The van der Waals surface area contributed by atoms with Crippen LogP contribution in [0.3, 0.4) is 0 Å². The lowest BCUT2D eigenvalue weighted by atomic mass is 10.1. The Hall–Kier alpha value is -1.72. The second-order valence-electron chi connectivity index (χ2n) is 4.17. The Morgan fingerprint density at radius 3 is 2.65 bits per heavy atom. The van der Waals surface area contributed by atoms with E-state index in [9.17, 15) is 0 Å². The van der Waals surface area contributed by atoms with Gasteiger partial charge in [0.05, 0.1) is 6.54 Å². The molecule has 90 valence electrons. The molecule has 0 bridgehead atoms. The standard InChI is InChI=1S/C12H16N4O/c1-16(2)8-10-14-12(17-15-10)11(13)9-6-4-3-5-7-9/h3-7,11H,8,13H2,1-2H3/t11-/m0/s1. The molecule has 1 aromatic heterocycles. The maximum absolute atomic E-state index is 6.05. The molecule has 0 radical (unpaired) electrons. The van der Waals surface area contributed by atoms with Crippen LogP contribution in [0.2, 0.25) is 0 Å². The van der Waals surface area contributed by atoms with Gasteiger partial charge in [-0.15, -0.1) is 0 Å². The van der Waals surface area contributed by atoms with E-state index in [0.717, 1.165) is 5.56 Å². The molecule has 0 aliphatic carbocycles. The second-order valence-corrected chi connectivity index (χ2v) is 4.17. The predicted molar refractivity (Wildman–Crippen MR) is 64.2 cm³/mol. The summed E-state index contributed by atoms with van der Waals surface area (Å²) in [5, 5.41) is 3.90. The van der Waals surface area contributed by atoms with Crippen molar-refractivity contribution in [1.82, 2.24) is 15.0 Å². The summed E-state index contributed by atoms with van der Waals surface area (Å²) in [5.41, 5.74) is 7.02. The molecule has 2 rings (SSSR count). The van der Waals surface area contributed by atoms with Gasteiger partial charge in [0.15, 0.2) is 5.82 Å². The van der Waals surface area contributed by atoms with E-state index in [1.165, 1.54) is 0 Å². The van der Waals surface area contributed by atoms with Crippen LogP contribution in [0.1, 0.15) is 23.3 Å². The average Bonchev–Trinajstić information content (AvgIpc) is 2.77. The molecular formula is C12H16N4O. The quantitative estimate of drug-likeness (QED) is 0.857. The molecule has 1 aromatic carbocycles. The largest absolute Gasteiger partial charge is 0.337 e. The van der Waals surface area contributed by atoms with E-state index in [-0.39, 0.29) is 6.04 Å². The molecule has 0 saturated carbocycles. The van der Waals surface area contributed by atoms with E-state index in [1.807, 2.05) is 49.3 Å². The van der Waals surface area contributed by atoms with Crippen LogP contribution in [0.25, 0.3) is 0 Å². The highest BCUT2D eigenvalue weighted by Crippen LogP contribution is 2.17. The van der Waals surface area contributed by atoms with Gasteiger partial charge in [-0.05, 0) is 19.7 Å². The zero-order valence-corrected chi connectivity index (χ0v) is 10.00. The number of nitrogens with zero attached hydrogens (tertiary/aromatic N) is 3. The predicted octanol–water partition coefficient (Wildman–Crippen LogP) is 1.18. The third-order valence-electron chi connectivity index (χ3n) is 2.37. The van der Waals surface area contributed by atoms with Crippen LogP contribution < -0.4 is 5.73 Å². The molecule has 1 atom stereocenters. The molecule has 1 heterocycles. The zero-order valence-electron chi connectivity index (χ0n) is 10.00. The van der Waals surface area contributed by atoms with Crippen LogP contribution in [0.5, 0.6) is 0 Å². The van der Waals surface area contributed by atoms with Crippen LogP contribution in [-0.2, 0) is 6.54 Å². The monoisotopic (exact) mass is 232 g/mol. The van der Waals surface area contributed by atoms with Crippen LogP contribution >= 0.6 is 0 Å². The summed E-state index contributed by atoms with van der Waals surface area (Å²) >= 11 is 0. The molecule has 0 unspecified atom stereocenters. The number of hydrogen-bond donors (Lipinski definition) is 1. The minimum Gasteiger partial charge on any atom is -0.337 e. The summed E-state index contributed by atoms with van der Waals surface area (Å²) in [4.78, 5) is 6.26. The summed E-state index contributed by atoms with van der Waals surface area (Å²) in [6.07, 6.45) is 0. The molecule has 5 heteroatoms. The second kappa shape index (κ2) is 5.07. The number of benzene rings is 1. The van der Waals surface area contributed by atoms with E-state index in [4.69, 9.17) is 10.3 Å². The van der Waals surface area contributed by atoms with E-state index in [1.54, 1.807) is 0 Å². The first kappa shape index (κ1) is 11.8. The Balaban J connectivity index is 2.15. The minimum absolute atomic E-state index is 0.361. The molecule has 0 fully saturated rings. The van der Waals surface area contributed by atoms with Gasteiger partial charge in [0.1, 0.15) is 6.04 Å². The molecule has 0 saturated heterocycles. The van der Waals surface area contributed by atoms with Crippen LogP contribution in [0.15, 0.2) is 34.9 Å². The highest BCUT2D eigenvalue weighted by molar-refractivity contribution is 5.22. The van der Waals surface area contributed by atoms with Crippen molar-refractivity contribution >= 4 is 0 Å². The number of aromatic nitrogens is 2. The first-order chi connectivity index (χ1) is 8.16. The first-order valence-corrected chi connectivity index (χ1v) is 5.44. The van der Waals surface area contributed by atoms with E-state index in [2.05, 4.69) is 10.1 Å². The van der Waals surface area contributed by atoms with Gasteiger partial charge in [0, 0.05) is 0 Å². The van der Waals surface area contributed by atoms with Crippen molar-refractivity contribution in [2.75, 3.05) is 14.1 Å². The summed E-state index contributed by atoms with van der Waals surface area (Å²) in [6, 6.07) is 9.35. The lowest BCUT2D eigenvalue weighted by Gasteiger charge is -2.06. The average molecular weight is 232 g/mol. The fourth-order valence-corrected chi connectivity index (χ4v) is 1.54. The van der Waals surface area contributed by atoms with Crippen LogP contribution in [0, 0.1) is 0 Å². The Morgan fingerprint density at radius 1 is 1.29 bits per heavy atom. The third-order valence-corrected chi connectivity index (χ3v) is 2.37. The van der Waals surface area contributed by atoms with Gasteiger partial charge in [0.2, 0.25) is 5.89 Å². The van der Waals surface area contributed by atoms with Gasteiger partial charge in [0.25, 0.3) is 0 Å². The van der Waals surface area contributed by atoms with Crippen LogP contribution in [0.4, 0.5) is 0 Å². The Bertz CT molecular complexity index is 466. The minimum atomic E-state index is -0.361. The van der Waals surface area contributed by atoms with E-state index < -0.39 is 0 Å². The lowest BCUT2D eigenvalue weighted by Crippen LogP contribution is -2.14. The molecule has 2 aromatic rings. The number of rotatable bonds is 4. The molecular weight excluding hydrogens is 216 g/mol. The van der Waals surface area contributed by atoms with Gasteiger partial charge in [-0.25, -0.2) is 0 Å². The summed E-state index contributed by atoms with van der Waals surface area (Å²) < 4.78 is 5.17. The topological polar surface area (TPSA) is 68.2 Å². The van der Waals surface area contributed by atoms with Crippen LogP contribution in [-0.4, -0.2) is 29.1 Å². The lowest BCUT2D eigenvalue weighted by molar-refractivity contribution is 0.343. The van der Waals surface area contributed by atoms with Crippen molar-refractivity contribution in [2.24, 2.45) is 5.73 Å². The zero-order chi connectivity index (χ0) is 12.3. The smallest absolute Gasteiger partial charge is 0.248 e. The van der Waals surface area contributed by atoms with Crippen molar-refractivity contribution in [3.05, 3.63) is 47.6 Å². The highest BCUT2D eigenvalue weighted by Gasteiger charge is 2.16. The van der Waals surface area contributed by atoms with Gasteiger partial charge < -0.3 is 15.2 Å². The Kier molecular flexibility index (Phi) is 3.51. The van der Waals surface area contributed by atoms with Crippen molar-refractivity contribution in [3.8, 4) is 0 Å². The summed E-state index contributed by atoms with van der Waals surface area (Å²) in [7, 11) is 3.90. The van der Waals surface area contributed by atoms with Gasteiger partial charge >= 0.3 is 0 Å². The van der Waals surface area contributed by atoms with Gasteiger partial charge in [-0.3, -0.25) is 0 Å². The number of hydrogen-bond acceptors (Lipinski definition) is 5. The molecule has 0 aliphatic heterocycles. The normalized spacial score (nSPS) is 12.9. The van der Waals surface area contributed by atoms with Gasteiger partial charge in [-0.1, -0.05) is 35.5 Å². The highest BCUT2D eigenvalue weighted by atomic mass is 16.5. The molecule has 0 aliphatic rings. The molecule has 0 amide bonds. The van der Waals surface area contributed by atoms with E-state index in [0.29, 0.717) is 18.3 Å². The SMILES string of the molecule is CN(C)Cc1noc([C@@H](N)c2ccccc2)n1. The first-order valence-electron chi connectivity index (χ1n) is 5.44. The van der Waals surface area contributed by atoms with Crippen molar-refractivity contribution in [1.29, 1.82) is 0 Å². The number of nitrogens with two attached hydrogens (primary N) is 1. The Labute approximate surface area is 100 Å². The third kappa shape index (κ3) is 2.89. The van der Waals surface area contributed by atoms with E-state index >= 15 is 0 Å². The molecule has 5 nitrogen and oxygen atoms in total. The van der Waals surface area contributed by atoms with Crippen molar-refractivity contribution < 1.29 is 4.52 Å². The molecule has 2 N–H and O–H groups in total.